The smallest absolute Gasteiger partial charge is 0.193 e. The number of nitrogens with zero attached hydrogens (tertiary/aromatic N) is 3. The molecule has 2 aliphatic rings. The fraction of sp³-hybridized carbons (Fsp3) is 0.480. The highest BCUT2D eigenvalue weighted by atomic mass is 15.3. The van der Waals surface area contributed by atoms with Gasteiger partial charge in [-0.05, 0) is 42.9 Å². The summed E-state index contributed by atoms with van der Waals surface area (Å²) < 4.78 is 0. The second-order valence-corrected chi connectivity index (χ2v) is 8.46. The van der Waals surface area contributed by atoms with Crippen molar-refractivity contribution in [3.63, 3.8) is 0 Å². The number of benzene rings is 2. The monoisotopic (exact) mass is 390 g/mol. The van der Waals surface area contributed by atoms with Crippen LogP contribution in [-0.2, 0) is 6.42 Å². The first-order chi connectivity index (χ1) is 14.3. The Kier molecular flexibility index (Phi) is 6.83. The van der Waals surface area contributed by atoms with Gasteiger partial charge in [-0.3, -0.25) is 4.99 Å². The Morgan fingerprint density at radius 1 is 0.966 bits per heavy atom. The van der Waals surface area contributed by atoms with Crippen molar-refractivity contribution >= 4 is 5.96 Å². The van der Waals surface area contributed by atoms with Crippen LogP contribution in [-0.4, -0.2) is 62.1 Å². The van der Waals surface area contributed by atoms with Gasteiger partial charge < -0.3 is 15.1 Å². The van der Waals surface area contributed by atoms with Crippen molar-refractivity contribution in [3.05, 3.63) is 71.8 Å². The molecule has 0 spiro atoms. The van der Waals surface area contributed by atoms with Crippen LogP contribution in [0.1, 0.15) is 29.9 Å². The maximum absolute atomic E-state index is 4.57. The molecule has 2 aromatic rings. The second-order valence-electron chi connectivity index (χ2n) is 8.46. The lowest BCUT2D eigenvalue weighted by atomic mass is 9.99. The zero-order valence-electron chi connectivity index (χ0n) is 17.6. The molecule has 0 bridgehead atoms. The SMILES string of the molecule is CN=C(NCC1CCN(CCc2ccccc2)C1)N1CCC(c2ccccc2)C1. The molecule has 2 aromatic carbocycles. The van der Waals surface area contributed by atoms with E-state index in [2.05, 4.69) is 80.8 Å². The standard InChI is InChI=1S/C25H34N4/c1-26-25(29-17-14-24(20-29)23-10-6-3-7-11-23)27-18-22-13-16-28(19-22)15-12-21-8-4-2-5-9-21/h2-11,22,24H,12-20H2,1H3,(H,26,27). The summed E-state index contributed by atoms with van der Waals surface area (Å²) in [4.78, 5) is 9.62. The molecule has 2 heterocycles. The molecule has 2 fully saturated rings. The summed E-state index contributed by atoms with van der Waals surface area (Å²) >= 11 is 0. The summed E-state index contributed by atoms with van der Waals surface area (Å²) in [5.41, 5.74) is 2.90. The Labute approximate surface area is 175 Å². The minimum atomic E-state index is 0.620. The molecule has 4 nitrogen and oxygen atoms in total. The van der Waals surface area contributed by atoms with E-state index in [-0.39, 0.29) is 0 Å². The van der Waals surface area contributed by atoms with E-state index in [1.54, 1.807) is 0 Å². The summed E-state index contributed by atoms with van der Waals surface area (Å²) in [6.07, 6.45) is 3.64. The predicted octanol–water partition coefficient (Wildman–Crippen LogP) is 3.62. The summed E-state index contributed by atoms with van der Waals surface area (Å²) in [6, 6.07) is 21.7. The summed E-state index contributed by atoms with van der Waals surface area (Å²) in [5, 5.41) is 3.67. The van der Waals surface area contributed by atoms with Gasteiger partial charge in [0.1, 0.15) is 0 Å². The van der Waals surface area contributed by atoms with Gasteiger partial charge in [-0.25, -0.2) is 0 Å². The van der Waals surface area contributed by atoms with Crippen molar-refractivity contribution in [1.82, 2.24) is 15.1 Å². The average molecular weight is 391 g/mol. The molecule has 4 rings (SSSR count). The molecule has 0 saturated carbocycles. The van der Waals surface area contributed by atoms with Gasteiger partial charge in [0.25, 0.3) is 0 Å². The maximum Gasteiger partial charge on any atom is 0.193 e. The molecule has 2 unspecified atom stereocenters. The van der Waals surface area contributed by atoms with Gasteiger partial charge in [-0.2, -0.15) is 0 Å². The number of likely N-dealkylation sites (tertiary alicyclic amines) is 2. The second kappa shape index (κ2) is 9.93. The number of nitrogens with one attached hydrogen (secondary N) is 1. The number of rotatable bonds is 6. The third-order valence-electron chi connectivity index (χ3n) is 6.45. The lowest BCUT2D eigenvalue weighted by Crippen LogP contribution is -2.42. The quantitative estimate of drug-likeness (QED) is 0.604. The first kappa shape index (κ1) is 20.0. The topological polar surface area (TPSA) is 30.9 Å². The fourth-order valence-corrected chi connectivity index (χ4v) is 4.73. The number of guanidine groups is 1. The van der Waals surface area contributed by atoms with E-state index in [1.807, 2.05) is 7.05 Å². The predicted molar refractivity (Wildman–Crippen MR) is 121 cm³/mol. The summed E-state index contributed by atoms with van der Waals surface area (Å²) in [6.45, 7) is 6.77. The van der Waals surface area contributed by atoms with Crippen LogP contribution in [0.2, 0.25) is 0 Å². The highest BCUT2D eigenvalue weighted by molar-refractivity contribution is 5.80. The lowest BCUT2D eigenvalue weighted by Gasteiger charge is -2.23. The van der Waals surface area contributed by atoms with Gasteiger partial charge in [0.05, 0.1) is 0 Å². The normalized spacial score (nSPS) is 22.9. The summed E-state index contributed by atoms with van der Waals surface area (Å²) in [5.74, 6) is 2.41. The van der Waals surface area contributed by atoms with Gasteiger partial charge in [0, 0.05) is 45.7 Å². The van der Waals surface area contributed by atoms with Gasteiger partial charge >= 0.3 is 0 Å². The fourth-order valence-electron chi connectivity index (χ4n) is 4.73. The van der Waals surface area contributed by atoms with E-state index in [0.29, 0.717) is 5.92 Å². The molecule has 0 aliphatic carbocycles. The zero-order valence-corrected chi connectivity index (χ0v) is 17.6. The first-order valence-corrected chi connectivity index (χ1v) is 11.1. The molecule has 0 amide bonds. The van der Waals surface area contributed by atoms with E-state index >= 15 is 0 Å². The molecule has 154 valence electrons. The van der Waals surface area contributed by atoms with Gasteiger partial charge in [0.2, 0.25) is 0 Å². The van der Waals surface area contributed by atoms with E-state index in [9.17, 15) is 0 Å². The van der Waals surface area contributed by atoms with Crippen molar-refractivity contribution in [2.45, 2.75) is 25.2 Å². The van der Waals surface area contributed by atoms with Crippen LogP contribution < -0.4 is 5.32 Å². The van der Waals surface area contributed by atoms with Crippen LogP contribution in [0.4, 0.5) is 0 Å². The Bertz CT molecular complexity index is 774. The number of hydrogen-bond donors (Lipinski definition) is 1. The molecule has 0 radical (unpaired) electrons. The largest absolute Gasteiger partial charge is 0.356 e. The highest BCUT2D eigenvalue weighted by Gasteiger charge is 2.27. The van der Waals surface area contributed by atoms with E-state index in [0.717, 1.165) is 37.9 Å². The van der Waals surface area contributed by atoms with E-state index in [4.69, 9.17) is 0 Å². The Morgan fingerprint density at radius 2 is 1.72 bits per heavy atom. The van der Waals surface area contributed by atoms with Crippen LogP contribution in [0.5, 0.6) is 0 Å². The average Bonchev–Trinajstić information content (AvgIpc) is 3.44. The highest BCUT2D eigenvalue weighted by Crippen LogP contribution is 2.27. The van der Waals surface area contributed by atoms with Crippen LogP contribution in [0.15, 0.2) is 65.7 Å². The molecule has 2 aliphatic heterocycles. The van der Waals surface area contributed by atoms with Crippen molar-refractivity contribution in [3.8, 4) is 0 Å². The minimum Gasteiger partial charge on any atom is -0.356 e. The van der Waals surface area contributed by atoms with Crippen LogP contribution >= 0.6 is 0 Å². The van der Waals surface area contributed by atoms with Crippen molar-refractivity contribution < 1.29 is 0 Å². The molecule has 0 aromatic heterocycles. The molecule has 2 atom stereocenters. The maximum atomic E-state index is 4.57. The van der Waals surface area contributed by atoms with Crippen molar-refractivity contribution in [1.29, 1.82) is 0 Å². The van der Waals surface area contributed by atoms with Gasteiger partial charge in [-0.1, -0.05) is 60.7 Å². The summed E-state index contributed by atoms with van der Waals surface area (Å²) in [7, 11) is 1.92. The zero-order chi connectivity index (χ0) is 19.9. The lowest BCUT2D eigenvalue weighted by molar-refractivity contribution is 0.327. The molecular weight excluding hydrogens is 356 g/mol. The Morgan fingerprint density at radius 3 is 2.48 bits per heavy atom. The van der Waals surface area contributed by atoms with Crippen LogP contribution in [0, 0.1) is 5.92 Å². The third kappa shape index (κ3) is 5.39. The van der Waals surface area contributed by atoms with Gasteiger partial charge in [0.15, 0.2) is 5.96 Å². The van der Waals surface area contributed by atoms with E-state index < -0.39 is 0 Å². The number of hydrogen-bond acceptors (Lipinski definition) is 2. The Balaban J connectivity index is 1.20. The first-order valence-electron chi connectivity index (χ1n) is 11.1. The van der Waals surface area contributed by atoms with Gasteiger partial charge in [-0.15, -0.1) is 0 Å². The van der Waals surface area contributed by atoms with Crippen molar-refractivity contribution in [2.75, 3.05) is 46.3 Å². The Hall–Kier alpha value is -2.33. The van der Waals surface area contributed by atoms with Crippen LogP contribution in [0.3, 0.4) is 0 Å². The molecular formula is C25H34N4. The molecule has 4 heteroatoms. The third-order valence-corrected chi connectivity index (χ3v) is 6.45. The minimum absolute atomic E-state index is 0.620. The molecule has 29 heavy (non-hydrogen) atoms. The van der Waals surface area contributed by atoms with Crippen molar-refractivity contribution in [2.24, 2.45) is 10.9 Å². The number of aliphatic imine (C=N–C) groups is 1. The molecule has 2 saturated heterocycles. The van der Waals surface area contributed by atoms with Crippen LogP contribution in [0.25, 0.3) is 0 Å². The molecule has 1 N–H and O–H groups in total. The van der Waals surface area contributed by atoms with E-state index in [1.165, 1.54) is 43.6 Å².